The number of hydrogen-bond acceptors (Lipinski definition) is 2. The zero-order chi connectivity index (χ0) is 20.8. The maximum absolute atomic E-state index is 6.19. The van der Waals surface area contributed by atoms with E-state index in [9.17, 15) is 0 Å². The SMILES string of the molecule is C/C(Cl)=C\C(=C/CSc1c(C)c(C)c(C)n1Cc1ccncc1)c1ccccc1. The van der Waals surface area contributed by atoms with Crippen LogP contribution in [0.15, 0.2) is 77.1 Å². The maximum Gasteiger partial charge on any atom is 0.0788 e. The average Bonchev–Trinajstić information content (AvgIpc) is 2.92. The second kappa shape index (κ2) is 10.00. The summed E-state index contributed by atoms with van der Waals surface area (Å²) in [6.07, 6.45) is 8.02. The van der Waals surface area contributed by atoms with Crippen LogP contribution in [0.1, 0.15) is 34.9 Å². The van der Waals surface area contributed by atoms with E-state index in [1.807, 2.05) is 43.2 Å². The smallest absolute Gasteiger partial charge is 0.0788 e. The molecular weight excluding hydrogens is 396 g/mol. The van der Waals surface area contributed by atoms with E-state index in [0.717, 1.165) is 22.9 Å². The van der Waals surface area contributed by atoms with Gasteiger partial charge < -0.3 is 4.57 Å². The van der Waals surface area contributed by atoms with Crippen molar-refractivity contribution in [1.29, 1.82) is 0 Å². The van der Waals surface area contributed by atoms with Crippen molar-refractivity contribution in [2.24, 2.45) is 0 Å². The molecule has 1 aromatic carbocycles. The molecule has 0 saturated heterocycles. The third kappa shape index (κ3) is 5.43. The molecule has 0 saturated carbocycles. The second-order valence-electron chi connectivity index (χ2n) is 7.15. The van der Waals surface area contributed by atoms with Gasteiger partial charge in [-0.3, -0.25) is 4.98 Å². The quantitative estimate of drug-likeness (QED) is 0.296. The number of hydrogen-bond donors (Lipinski definition) is 0. The van der Waals surface area contributed by atoms with Crippen LogP contribution in [0, 0.1) is 20.8 Å². The molecule has 0 spiro atoms. The van der Waals surface area contributed by atoms with Gasteiger partial charge in [0.2, 0.25) is 0 Å². The number of pyridine rings is 1. The van der Waals surface area contributed by atoms with E-state index in [0.29, 0.717) is 0 Å². The van der Waals surface area contributed by atoms with Crippen LogP contribution in [0.2, 0.25) is 0 Å². The van der Waals surface area contributed by atoms with Crippen LogP contribution < -0.4 is 0 Å². The minimum atomic E-state index is 0.786. The van der Waals surface area contributed by atoms with Crippen molar-refractivity contribution in [3.05, 3.63) is 100.0 Å². The molecule has 4 heteroatoms. The van der Waals surface area contributed by atoms with E-state index in [2.05, 4.69) is 72.8 Å². The Hall–Kier alpha value is -2.23. The van der Waals surface area contributed by atoms with Gasteiger partial charge in [0, 0.05) is 35.4 Å². The van der Waals surface area contributed by atoms with Crippen LogP contribution in [0.25, 0.3) is 5.57 Å². The fourth-order valence-corrected chi connectivity index (χ4v) is 4.62. The molecule has 0 aliphatic heterocycles. The van der Waals surface area contributed by atoms with Gasteiger partial charge >= 0.3 is 0 Å². The number of allylic oxidation sites excluding steroid dienone is 3. The lowest BCUT2D eigenvalue weighted by Crippen LogP contribution is -2.04. The number of rotatable bonds is 7. The standard InChI is InChI=1S/C25H27ClN2S/c1-18(26)16-24(23-8-6-5-7-9-23)12-15-29-25-20(3)19(2)21(4)28(25)17-22-10-13-27-14-11-22/h5-14,16H,15,17H2,1-4H3/b18-16+,24-12+. The molecule has 3 aromatic rings. The van der Waals surface area contributed by atoms with Gasteiger partial charge in [0.1, 0.15) is 0 Å². The molecule has 2 heterocycles. The first-order valence-corrected chi connectivity index (χ1v) is 11.1. The first kappa shape index (κ1) is 21.5. The second-order valence-corrected chi connectivity index (χ2v) is 8.75. The molecule has 0 fully saturated rings. The average molecular weight is 423 g/mol. The van der Waals surface area contributed by atoms with Crippen molar-refractivity contribution in [1.82, 2.24) is 9.55 Å². The predicted octanol–water partition coefficient (Wildman–Crippen LogP) is 7.17. The molecule has 0 radical (unpaired) electrons. The number of halogens is 1. The molecule has 0 bridgehead atoms. The highest BCUT2D eigenvalue weighted by atomic mass is 35.5. The van der Waals surface area contributed by atoms with Crippen LogP contribution in [-0.4, -0.2) is 15.3 Å². The fourth-order valence-electron chi connectivity index (χ4n) is 3.35. The first-order valence-electron chi connectivity index (χ1n) is 9.74. The van der Waals surface area contributed by atoms with Crippen LogP contribution in [-0.2, 0) is 6.54 Å². The third-order valence-corrected chi connectivity index (χ3v) is 6.39. The Labute approximate surface area is 183 Å². The van der Waals surface area contributed by atoms with Gasteiger partial charge in [-0.2, -0.15) is 0 Å². The minimum absolute atomic E-state index is 0.786. The van der Waals surface area contributed by atoms with Gasteiger partial charge in [0.15, 0.2) is 0 Å². The summed E-state index contributed by atoms with van der Waals surface area (Å²) in [5.74, 6) is 0.880. The Bertz CT molecular complexity index is 1010. The van der Waals surface area contributed by atoms with Crippen molar-refractivity contribution in [3.8, 4) is 0 Å². The van der Waals surface area contributed by atoms with E-state index in [-0.39, 0.29) is 0 Å². The van der Waals surface area contributed by atoms with Crippen molar-refractivity contribution in [2.75, 3.05) is 5.75 Å². The zero-order valence-electron chi connectivity index (χ0n) is 17.4. The number of aromatic nitrogens is 2. The Balaban J connectivity index is 1.87. The van der Waals surface area contributed by atoms with E-state index in [1.54, 1.807) is 0 Å². The van der Waals surface area contributed by atoms with Gasteiger partial charge in [-0.15, -0.1) is 11.8 Å². The summed E-state index contributed by atoms with van der Waals surface area (Å²) in [4.78, 5) is 4.14. The summed E-state index contributed by atoms with van der Waals surface area (Å²) in [5.41, 5.74) is 7.66. The number of benzene rings is 1. The largest absolute Gasteiger partial charge is 0.335 e. The Kier molecular flexibility index (Phi) is 7.40. The molecule has 0 unspecified atom stereocenters. The highest BCUT2D eigenvalue weighted by molar-refractivity contribution is 7.99. The van der Waals surface area contributed by atoms with Crippen LogP contribution in [0.4, 0.5) is 0 Å². The van der Waals surface area contributed by atoms with Crippen LogP contribution in [0.3, 0.4) is 0 Å². The van der Waals surface area contributed by atoms with Gasteiger partial charge in [0.05, 0.1) is 5.03 Å². The van der Waals surface area contributed by atoms with Gasteiger partial charge in [-0.1, -0.05) is 48.0 Å². The molecule has 29 heavy (non-hydrogen) atoms. The normalized spacial score (nSPS) is 12.4. The Morgan fingerprint density at radius 2 is 1.72 bits per heavy atom. The predicted molar refractivity (Wildman–Crippen MR) is 127 cm³/mol. The molecule has 0 N–H and O–H groups in total. The van der Waals surface area contributed by atoms with Gasteiger partial charge in [0.25, 0.3) is 0 Å². The molecule has 0 aliphatic carbocycles. The van der Waals surface area contributed by atoms with Gasteiger partial charge in [-0.25, -0.2) is 0 Å². The zero-order valence-corrected chi connectivity index (χ0v) is 19.0. The highest BCUT2D eigenvalue weighted by Gasteiger charge is 2.15. The Morgan fingerprint density at radius 3 is 2.38 bits per heavy atom. The van der Waals surface area contributed by atoms with E-state index < -0.39 is 0 Å². The molecule has 0 atom stereocenters. The lowest BCUT2D eigenvalue weighted by atomic mass is 10.1. The van der Waals surface area contributed by atoms with E-state index in [1.165, 1.54) is 33.0 Å². The maximum atomic E-state index is 6.19. The minimum Gasteiger partial charge on any atom is -0.335 e. The summed E-state index contributed by atoms with van der Waals surface area (Å²) >= 11 is 8.06. The summed E-state index contributed by atoms with van der Waals surface area (Å²) in [6, 6.07) is 14.6. The number of nitrogens with zero attached hydrogens (tertiary/aromatic N) is 2. The molecular formula is C25H27ClN2S. The molecule has 150 valence electrons. The lowest BCUT2D eigenvalue weighted by Gasteiger charge is -2.12. The topological polar surface area (TPSA) is 17.8 Å². The van der Waals surface area contributed by atoms with Crippen LogP contribution >= 0.6 is 23.4 Å². The molecule has 0 aliphatic rings. The Morgan fingerprint density at radius 1 is 1.03 bits per heavy atom. The molecule has 0 amide bonds. The van der Waals surface area contributed by atoms with Crippen LogP contribution in [0.5, 0.6) is 0 Å². The van der Waals surface area contributed by atoms with Gasteiger partial charge in [-0.05, 0) is 73.7 Å². The van der Waals surface area contributed by atoms with Crippen molar-refractivity contribution in [2.45, 2.75) is 39.3 Å². The summed E-state index contributed by atoms with van der Waals surface area (Å²) in [5, 5.41) is 2.11. The van der Waals surface area contributed by atoms with Crippen molar-refractivity contribution in [3.63, 3.8) is 0 Å². The third-order valence-electron chi connectivity index (χ3n) is 5.15. The molecule has 2 nitrogen and oxygen atoms in total. The summed E-state index contributed by atoms with van der Waals surface area (Å²) < 4.78 is 2.42. The number of thioether (sulfide) groups is 1. The lowest BCUT2D eigenvalue weighted by molar-refractivity contribution is 0.704. The van der Waals surface area contributed by atoms with E-state index in [4.69, 9.17) is 11.6 Å². The fraction of sp³-hybridized carbons (Fsp3) is 0.240. The molecule has 2 aromatic heterocycles. The summed E-state index contributed by atoms with van der Waals surface area (Å²) in [6.45, 7) is 9.42. The van der Waals surface area contributed by atoms with E-state index >= 15 is 0 Å². The van der Waals surface area contributed by atoms with Crippen molar-refractivity contribution >= 4 is 28.9 Å². The summed E-state index contributed by atoms with van der Waals surface area (Å²) in [7, 11) is 0. The monoisotopic (exact) mass is 422 g/mol. The molecule has 3 rings (SSSR count). The van der Waals surface area contributed by atoms with Crippen molar-refractivity contribution < 1.29 is 0 Å². The highest BCUT2D eigenvalue weighted by Crippen LogP contribution is 2.31. The first-order chi connectivity index (χ1) is 14.0.